The maximum Gasteiger partial charge on any atom is 0.152 e. The Morgan fingerprint density at radius 2 is 1.65 bits per heavy atom. The molecular weight excluding hydrogens is 250 g/mol. The van der Waals surface area contributed by atoms with Gasteiger partial charge in [-0.2, -0.15) is 0 Å². The Morgan fingerprint density at radius 3 is 2.15 bits per heavy atom. The van der Waals surface area contributed by atoms with Gasteiger partial charge >= 0.3 is 0 Å². The molecule has 1 aliphatic rings. The van der Waals surface area contributed by atoms with Crippen LogP contribution in [0, 0.1) is 0 Å². The number of nitrogens with one attached hydrogen (secondary N) is 1. The van der Waals surface area contributed by atoms with Gasteiger partial charge in [0.2, 0.25) is 0 Å². The van der Waals surface area contributed by atoms with Gasteiger partial charge in [-0.3, -0.25) is 9.98 Å². The average Bonchev–Trinajstić information content (AvgIpc) is 2.83. The van der Waals surface area contributed by atoms with E-state index in [1.807, 2.05) is 18.2 Å². The van der Waals surface area contributed by atoms with Crippen molar-refractivity contribution in [2.75, 3.05) is 0 Å². The summed E-state index contributed by atoms with van der Waals surface area (Å²) in [5.41, 5.74) is 1.47. The van der Waals surface area contributed by atoms with E-state index in [-0.39, 0.29) is 11.1 Å². The first-order valence-electron chi connectivity index (χ1n) is 6.87. The van der Waals surface area contributed by atoms with Crippen LogP contribution in [0.2, 0.25) is 0 Å². The molecule has 4 nitrogen and oxygen atoms in total. The van der Waals surface area contributed by atoms with Gasteiger partial charge in [-0.15, -0.1) is 0 Å². The minimum atomic E-state index is -0.159. The van der Waals surface area contributed by atoms with Crippen LogP contribution in [0.1, 0.15) is 47.3 Å². The van der Waals surface area contributed by atoms with Gasteiger partial charge in [-0.05, 0) is 59.8 Å². The minimum absolute atomic E-state index is 0.148. The molecule has 1 aromatic heterocycles. The van der Waals surface area contributed by atoms with E-state index in [9.17, 15) is 0 Å². The van der Waals surface area contributed by atoms with E-state index in [1.54, 1.807) is 6.26 Å². The van der Waals surface area contributed by atoms with Gasteiger partial charge in [0.15, 0.2) is 5.84 Å². The molecule has 0 saturated heterocycles. The lowest BCUT2D eigenvalue weighted by Crippen LogP contribution is -2.28. The summed E-state index contributed by atoms with van der Waals surface area (Å²) >= 11 is 0. The number of furan rings is 1. The van der Waals surface area contributed by atoms with Crippen LogP contribution in [-0.2, 0) is 0 Å². The van der Waals surface area contributed by atoms with Crippen LogP contribution in [0.15, 0.2) is 38.9 Å². The molecule has 20 heavy (non-hydrogen) atoms. The Balaban J connectivity index is 2.41. The van der Waals surface area contributed by atoms with Crippen molar-refractivity contribution >= 4 is 17.2 Å². The maximum atomic E-state index is 5.43. The number of hydrogen-bond acceptors (Lipinski definition) is 3. The fourth-order valence-electron chi connectivity index (χ4n) is 1.86. The lowest BCUT2D eigenvalue weighted by atomic mass is 10.1. The van der Waals surface area contributed by atoms with Crippen molar-refractivity contribution in [2.24, 2.45) is 9.98 Å². The molecule has 0 unspecified atom stereocenters. The van der Waals surface area contributed by atoms with Gasteiger partial charge < -0.3 is 9.73 Å². The van der Waals surface area contributed by atoms with Crippen molar-refractivity contribution in [3.8, 4) is 0 Å². The number of amidine groups is 1. The molecule has 2 heterocycles. The van der Waals surface area contributed by atoms with Crippen LogP contribution in [0.4, 0.5) is 0 Å². The largest absolute Gasteiger partial charge is 0.463 e. The van der Waals surface area contributed by atoms with Crippen LogP contribution in [0.3, 0.4) is 0 Å². The molecule has 0 amide bonds. The normalized spacial score (nSPS) is 20.4. The molecule has 0 fully saturated rings. The highest BCUT2D eigenvalue weighted by Gasteiger charge is 2.24. The molecule has 1 aromatic rings. The van der Waals surface area contributed by atoms with Gasteiger partial charge in [0, 0.05) is 0 Å². The standard InChI is InChI=1S/C16H23N3O/c1-15(2,3)18-12-10-11(13-8-7-9-20-13)17-14(12)19-16(4,5)6/h7-10H,1-6H3,(H,17,18,19). The summed E-state index contributed by atoms with van der Waals surface area (Å²) < 4.78 is 5.43. The maximum absolute atomic E-state index is 5.43. The average molecular weight is 273 g/mol. The fraction of sp³-hybridized carbons (Fsp3) is 0.500. The van der Waals surface area contributed by atoms with E-state index in [2.05, 4.69) is 46.9 Å². The van der Waals surface area contributed by atoms with E-state index < -0.39 is 0 Å². The van der Waals surface area contributed by atoms with Crippen LogP contribution < -0.4 is 5.32 Å². The summed E-state index contributed by atoms with van der Waals surface area (Å²) in [7, 11) is 0. The molecule has 1 aliphatic heterocycles. The number of rotatable bonds is 1. The predicted molar refractivity (Wildman–Crippen MR) is 84.2 cm³/mol. The van der Waals surface area contributed by atoms with E-state index >= 15 is 0 Å². The first-order valence-corrected chi connectivity index (χ1v) is 6.87. The quantitative estimate of drug-likeness (QED) is 0.849. The van der Waals surface area contributed by atoms with Crippen LogP contribution in [0.5, 0.6) is 0 Å². The van der Waals surface area contributed by atoms with Crippen LogP contribution in [0.25, 0.3) is 5.70 Å². The Bertz CT molecular complexity index is 564. The molecule has 2 rings (SSSR count). The Hall–Kier alpha value is -1.84. The van der Waals surface area contributed by atoms with Crippen molar-refractivity contribution in [3.63, 3.8) is 0 Å². The molecule has 108 valence electrons. The topological polar surface area (TPSA) is 49.9 Å². The van der Waals surface area contributed by atoms with Gasteiger partial charge in [0.1, 0.15) is 11.5 Å². The Morgan fingerprint density at radius 1 is 1.00 bits per heavy atom. The number of aliphatic imine (C=N–C) groups is 2. The zero-order valence-electron chi connectivity index (χ0n) is 13.1. The van der Waals surface area contributed by atoms with E-state index in [0.717, 1.165) is 23.0 Å². The van der Waals surface area contributed by atoms with E-state index in [1.165, 1.54) is 0 Å². The molecule has 1 N–H and O–H groups in total. The summed E-state index contributed by atoms with van der Waals surface area (Å²) in [5, 5.41) is 3.31. The van der Waals surface area contributed by atoms with Gasteiger partial charge in [-0.25, -0.2) is 0 Å². The third-order valence-electron chi connectivity index (χ3n) is 2.47. The molecular formula is C16H23N3O. The molecule has 0 atom stereocenters. The second-order valence-electron chi connectivity index (χ2n) is 6.96. The summed E-state index contributed by atoms with van der Waals surface area (Å²) in [6.07, 6.45) is 3.66. The van der Waals surface area contributed by atoms with Gasteiger partial charge in [0.25, 0.3) is 0 Å². The van der Waals surface area contributed by atoms with E-state index in [4.69, 9.17) is 14.4 Å². The van der Waals surface area contributed by atoms with E-state index in [0.29, 0.717) is 0 Å². The van der Waals surface area contributed by atoms with Crippen molar-refractivity contribution in [1.82, 2.24) is 5.32 Å². The molecule has 4 heteroatoms. The molecule has 0 radical (unpaired) electrons. The van der Waals surface area contributed by atoms with Gasteiger partial charge in [0.05, 0.1) is 23.0 Å². The lowest BCUT2D eigenvalue weighted by molar-refractivity contribution is 0.550. The monoisotopic (exact) mass is 273 g/mol. The van der Waals surface area contributed by atoms with Crippen molar-refractivity contribution in [2.45, 2.75) is 52.6 Å². The molecule has 0 saturated carbocycles. The number of hydrogen-bond donors (Lipinski definition) is 1. The third kappa shape index (κ3) is 3.83. The molecule has 0 aromatic carbocycles. The minimum Gasteiger partial charge on any atom is -0.463 e. The third-order valence-corrected chi connectivity index (χ3v) is 2.47. The first-order chi connectivity index (χ1) is 9.14. The summed E-state index contributed by atoms with van der Waals surface area (Å²) in [6, 6.07) is 3.80. The molecule has 0 spiro atoms. The van der Waals surface area contributed by atoms with Crippen LogP contribution in [-0.4, -0.2) is 22.6 Å². The second kappa shape index (κ2) is 4.93. The van der Waals surface area contributed by atoms with Crippen molar-refractivity contribution in [3.05, 3.63) is 30.2 Å². The summed E-state index contributed by atoms with van der Waals surface area (Å²) in [5.74, 6) is 1.60. The van der Waals surface area contributed by atoms with Crippen LogP contribution >= 0.6 is 0 Å². The van der Waals surface area contributed by atoms with Gasteiger partial charge in [-0.1, -0.05) is 0 Å². The first kappa shape index (κ1) is 14.6. The SMILES string of the molecule is CC(C)(C)N=C1C=C(c2ccco2)NC1=NC(C)(C)C. The summed E-state index contributed by atoms with van der Waals surface area (Å²) in [4.78, 5) is 9.45. The Kier molecular flexibility index (Phi) is 3.59. The highest BCUT2D eigenvalue weighted by molar-refractivity contribution is 6.50. The molecule has 0 bridgehead atoms. The second-order valence-corrected chi connectivity index (χ2v) is 6.96. The zero-order chi connectivity index (χ0) is 15.0. The highest BCUT2D eigenvalue weighted by atomic mass is 16.3. The molecule has 0 aliphatic carbocycles. The predicted octanol–water partition coefficient (Wildman–Crippen LogP) is 3.66. The van der Waals surface area contributed by atoms with Crippen molar-refractivity contribution < 1.29 is 4.42 Å². The Labute approximate surface area is 120 Å². The summed E-state index contributed by atoms with van der Waals surface area (Å²) in [6.45, 7) is 12.4. The smallest absolute Gasteiger partial charge is 0.152 e. The highest BCUT2D eigenvalue weighted by Crippen LogP contribution is 2.20. The van der Waals surface area contributed by atoms with Crippen molar-refractivity contribution in [1.29, 1.82) is 0 Å². The fourth-order valence-corrected chi connectivity index (χ4v) is 1.86. The zero-order valence-corrected chi connectivity index (χ0v) is 13.1. The number of nitrogens with zero attached hydrogens (tertiary/aromatic N) is 2. The lowest BCUT2D eigenvalue weighted by Gasteiger charge is -2.17.